The summed E-state index contributed by atoms with van der Waals surface area (Å²) in [5.41, 5.74) is 1.39. The monoisotopic (exact) mass is 420 g/mol. The van der Waals surface area contributed by atoms with Crippen molar-refractivity contribution in [1.82, 2.24) is 4.90 Å². The Balaban J connectivity index is 1.73. The van der Waals surface area contributed by atoms with E-state index in [1.54, 1.807) is 4.90 Å². The molecule has 3 rings (SSSR count). The zero-order chi connectivity index (χ0) is 16.2. The molecule has 23 heavy (non-hydrogen) atoms. The van der Waals surface area contributed by atoms with Gasteiger partial charge in [0, 0.05) is 21.4 Å². The Hall–Kier alpha value is -1.89. The van der Waals surface area contributed by atoms with Gasteiger partial charge < -0.3 is 10.2 Å². The molecule has 0 saturated carbocycles. The highest BCUT2D eigenvalue weighted by atomic mass is 127. The molecular weight excluding hydrogens is 403 g/mol. The SMILES string of the molecule is O=C(Nc1ccccc1)[C@H]1CCCN1C(=O)c1ccc(I)cc1. The number of rotatable bonds is 3. The van der Waals surface area contributed by atoms with Gasteiger partial charge in [0.25, 0.3) is 5.91 Å². The molecule has 1 heterocycles. The highest BCUT2D eigenvalue weighted by Crippen LogP contribution is 2.22. The molecule has 2 amide bonds. The van der Waals surface area contributed by atoms with Gasteiger partial charge >= 0.3 is 0 Å². The summed E-state index contributed by atoms with van der Waals surface area (Å²) in [7, 11) is 0. The molecule has 5 heteroatoms. The lowest BCUT2D eigenvalue weighted by Crippen LogP contribution is -2.43. The number of carbonyl (C=O) groups excluding carboxylic acids is 2. The number of hydrogen-bond donors (Lipinski definition) is 1. The Morgan fingerprint density at radius 2 is 1.74 bits per heavy atom. The minimum Gasteiger partial charge on any atom is -0.327 e. The molecule has 0 radical (unpaired) electrons. The summed E-state index contributed by atoms with van der Waals surface area (Å²) in [4.78, 5) is 26.9. The van der Waals surface area contributed by atoms with Crippen molar-refractivity contribution < 1.29 is 9.59 Å². The third-order valence-corrected chi connectivity index (χ3v) is 4.67. The predicted molar refractivity (Wildman–Crippen MR) is 98.3 cm³/mol. The van der Waals surface area contributed by atoms with Gasteiger partial charge in [0.15, 0.2) is 0 Å². The molecule has 4 nitrogen and oxygen atoms in total. The number of nitrogens with one attached hydrogen (secondary N) is 1. The van der Waals surface area contributed by atoms with E-state index in [0.29, 0.717) is 18.5 Å². The second kappa shape index (κ2) is 7.12. The predicted octanol–water partition coefficient (Wildman–Crippen LogP) is 3.53. The smallest absolute Gasteiger partial charge is 0.254 e. The van der Waals surface area contributed by atoms with E-state index in [-0.39, 0.29) is 11.8 Å². The second-order valence-corrected chi connectivity index (χ2v) is 6.76. The van der Waals surface area contributed by atoms with E-state index >= 15 is 0 Å². The minimum absolute atomic E-state index is 0.0767. The van der Waals surface area contributed by atoms with Crippen LogP contribution in [0.2, 0.25) is 0 Å². The summed E-state index contributed by atoms with van der Waals surface area (Å²) in [6.45, 7) is 0.623. The Morgan fingerprint density at radius 1 is 1.04 bits per heavy atom. The first kappa shape index (κ1) is 16.0. The normalized spacial score (nSPS) is 17.1. The first-order valence-electron chi connectivity index (χ1n) is 7.57. The average molecular weight is 420 g/mol. The molecule has 1 aliphatic heterocycles. The van der Waals surface area contributed by atoms with Crippen LogP contribution in [0.3, 0.4) is 0 Å². The van der Waals surface area contributed by atoms with Crippen LogP contribution in [0.25, 0.3) is 0 Å². The first-order valence-corrected chi connectivity index (χ1v) is 8.65. The van der Waals surface area contributed by atoms with E-state index in [1.165, 1.54) is 0 Å². The van der Waals surface area contributed by atoms with Crippen LogP contribution < -0.4 is 5.32 Å². The van der Waals surface area contributed by atoms with Gasteiger partial charge in [-0.15, -0.1) is 0 Å². The topological polar surface area (TPSA) is 49.4 Å². The van der Waals surface area contributed by atoms with Gasteiger partial charge in [-0.05, 0) is 71.8 Å². The maximum atomic E-state index is 12.7. The fraction of sp³-hybridized carbons (Fsp3) is 0.222. The molecule has 2 aromatic carbocycles. The van der Waals surface area contributed by atoms with Gasteiger partial charge in [0.1, 0.15) is 6.04 Å². The molecule has 0 unspecified atom stereocenters. The van der Waals surface area contributed by atoms with Crippen LogP contribution in [0.5, 0.6) is 0 Å². The van der Waals surface area contributed by atoms with Gasteiger partial charge in [0.05, 0.1) is 0 Å². The van der Waals surface area contributed by atoms with Crippen LogP contribution in [-0.4, -0.2) is 29.3 Å². The van der Waals surface area contributed by atoms with Gasteiger partial charge in [0.2, 0.25) is 5.91 Å². The van der Waals surface area contributed by atoms with Crippen LogP contribution in [0.15, 0.2) is 54.6 Å². The summed E-state index contributed by atoms with van der Waals surface area (Å²) >= 11 is 2.21. The summed E-state index contributed by atoms with van der Waals surface area (Å²) < 4.78 is 1.08. The van der Waals surface area contributed by atoms with Crippen molar-refractivity contribution in [2.24, 2.45) is 0 Å². The number of anilines is 1. The van der Waals surface area contributed by atoms with E-state index in [1.807, 2.05) is 54.6 Å². The summed E-state index contributed by atoms with van der Waals surface area (Å²) in [5, 5.41) is 2.90. The second-order valence-electron chi connectivity index (χ2n) is 5.52. The maximum Gasteiger partial charge on any atom is 0.254 e. The van der Waals surface area contributed by atoms with E-state index in [2.05, 4.69) is 27.9 Å². The van der Waals surface area contributed by atoms with E-state index in [4.69, 9.17) is 0 Å². The lowest BCUT2D eigenvalue weighted by molar-refractivity contribution is -0.119. The molecule has 1 fully saturated rings. The molecule has 1 N–H and O–H groups in total. The van der Waals surface area contributed by atoms with Crippen molar-refractivity contribution in [3.63, 3.8) is 0 Å². The molecule has 0 aromatic heterocycles. The van der Waals surface area contributed by atoms with Crippen LogP contribution in [0.4, 0.5) is 5.69 Å². The molecule has 1 saturated heterocycles. The van der Waals surface area contributed by atoms with Crippen molar-refractivity contribution >= 4 is 40.1 Å². The summed E-state index contributed by atoms with van der Waals surface area (Å²) in [6.07, 6.45) is 1.55. The molecule has 0 bridgehead atoms. The van der Waals surface area contributed by atoms with Gasteiger partial charge in [-0.1, -0.05) is 18.2 Å². The average Bonchev–Trinajstić information content (AvgIpc) is 3.05. The number of nitrogens with zero attached hydrogens (tertiary/aromatic N) is 1. The van der Waals surface area contributed by atoms with Crippen molar-refractivity contribution in [2.75, 3.05) is 11.9 Å². The quantitative estimate of drug-likeness (QED) is 0.773. The Bertz CT molecular complexity index is 701. The largest absolute Gasteiger partial charge is 0.327 e. The molecule has 0 spiro atoms. The number of amides is 2. The van der Waals surface area contributed by atoms with Crippen molar-refractivity contribution in [3.8, 4) is 0 Å². The molecule has 1 aliphatic rings. The zero-order valence-corrected chi connectivity index (χ0v) is 14.7. The van der Waals surface area contributed by atoms with Crippen LogP contribution in [0.1, 0.15) is 23.2 Å². The van der Waals surface area contributed by atoms with Crippen LogP contribution in [0, 0.1) is 3.57 Å². The molecule has 118 valence electrons. The van der Waals surface area contributed by atoms with Crippen molar-refractivity contribution in [3.05, 3.63) is 63.7 Å². The van der Waals surface area contributed by atoms with Crippen LogP contribution in [-0.2, 0) is 4.79 Å². The fourth-order valence-electron chi connectivity index (χ4n) is 2.79. The van der Waals surface area contributed by atoms with Crippen LogP contribution >= 0.6 is 22.6 Å². The first-order chi connectivity index (χ1) is 11.1. The van der Waals surface area contributed by atoms with E-state index in [9.17, 15) is 9.59 Å². The number of halogens is 1. The minimum atomic E-state index is -0.401. The highest BCUT2D eigenvalue weighted by Gasteiger charge is 2.34. The lowest BCUT2D eigenvalue weighted by Gasteiger charge is -2.24. The number of hydrogen-bond acceptors (Lipinski definition) is 2. The van der Waals surface area contributed by atoms with Gasteiger partial charge in [-0.3, -0.25) is 9.59 Å². The van der Waals surface area contributed by atoms with Gasteiger partial charge in [-0.2, -0.15) is 0 Å². The van der Waals surface area contributed by atoms with E-state index in [0.717, 1.165) is 15.7 Å². The lowest BCUT2D eigenvalue weighted by atomic mass is 10.1. The number of likely N-dealkylation sites (tertiary alicyclic amines) is 1. The zero-order valence-electron chi connectivity index (χ0n) is 12.5. The molecule has 0 aliphatic carbocycles. The number of para-hydroxylation sites is 1. The molecule has 2 aromatic rings. The molecule has 1 atom stereocenters. The Labute approximate surface area is 149 Å². The summed E-state index contributed by atoms with van der Waals surface area (Å²) in [6, 6.07) is 16.4. The number of carbonyl (C=O) groups is 2. The summed E-state index contributed by atoms with van der Waals surface area (Å²) in [5.74, 6) is -0.195. The third kappa shape index (κ3) is 3.72. The third-order valence-electron chi connectivity index (χ3n) is 3.95. The fourth-order valence-corrected chi connectivity index (χ4v) is 3.15. The highest BCUT2D eigenvalue weighted by molar-refractivity contribution is 14.1. The number of benzene rings is 2. The molecular formula is C18H17IN2O2. The van der Waals surface area contributed by atoms with E-state index < -0.39 is 6.04 Å². The van der Waals surface area contributed by atoms with Crippen molar-refractivity contribution in [1.29, 1.82) is 0 Å². The standard InChI is InChI=1S/C18H17IN2O2/c19-14-10-8-13(9-11-14)18(23)21-12-4-7-16(21)17(22)20-15-5-2-1-3-6-15/h1-3,5-6,8-11,16H,4,7,12H2,(H,20,22)/t16-/m1/s1. The van der Waals surface area contributed by atoms with Gasteiger partial charge in [-0.25, -0.2) is 0 Å². The van der Waals surface area contributed by atoms with Crippen molar-refractivity contribution in [2.45, 2.75) is 18.9 Å². The Kier molecular flexibility index (Phi) is 4.95. The Morgan fingerprint density at radius 3 is 2.43 bits per heavy atom. The maximum absolute atomic E-state index is 12.7.